The lowest BCUT2D eigenvalue weighted by Crippen LogP contribution is -2.70. The number of Topliss-reactive ketones (excluding diaryl/α,β-unsaturated/α-hetero) is 1. The Morgan fingerprint density at radius 3 is 1.84 bits per heavy atom. The molecule has 3 bridgehead atoms. The monoisotopic (exact) mass is 875 g/mol. The van der Waals surface area contributed by atoms with Crippen LogP contribution in [0.3, 0.4) is 0 Å². The number of esters is 1. The molecule has 0 aromatic heterocycles. The van der Waals surface area contributed by atoms with Crippen LogP contribution in [0, 0.1) is 17.8 Å². The predicted molar refractivity (Wildman–Crippen MR) is 257 cm³/mol. The summed E-state index contributed by atoms with van der Waals surface area (Å²) in [5.74, 6) is -3.17. The number of ketones is 1. The van der Waals surface area contributed by atoms with Gasteiger partial charge in [-0.15, -0.1) is 0 Å². The average molecular weight is 875 g/mol. The molecule has 2 heterocycles. The maximum absolute atomic E-state index is 14.0. The quantitative estimate of drug-likeness (QED) is 0.0304. The highest BCUT2D eigenvalue weighted by Gasteiger charge is 2.78. The van der Waals surface area contributed by atoms with E-state index in [0.29, 0.717) is 24.0 Å². The molecule has 0 spiro atoms. The minimum Gasteiger partial charge on any atom is -0.461 e. The van der Waals surface area contributed by atoms with E-state index >= 15 is 0 Å². The fourth-order valence-corrected chi connectivity index (χ4v) is 11.7. The van der Waals surface area contributed by atoms with Crippen molar-refractivity contribution >= 4 is 11.8 Å². The van der Waals surface area contributed by atoms with E-state index in [0.717, 1.165) is 37.7 Å². The average Bonchev–Trinajstić information content (AvgIpc) is 3.57. The van der Waals surface area contributed by atoms with Gasteiger partial charge in [-0.05, 0) is 62.2 Å². The number of aliphatic hydroxyl groups is 1. The Morgan fingerprint density at radius 2 is 1.30 bits per heavy atom. The molecular formula is C56H90O7. The number of ether oxygens (including phenoxy) is 4. The molecule has 356 valence electrons. The molecule has 7 nitrogen and oxygen atoms in total. The normalized spacial score (nSPS) is 30.8. The highest BCUT2D eigenvalue weighted by atomic mass is 16.9. The molecule has 1 N–H and O–H groups in total. The molecule has 5 rings (SSSR count). The zero-order valence-corrected chi connectivity index (χ0v) is 40.8. The van der Waals surface area contributed by atoms with Gasteiger partial charge in [0.1, 0.15) is 23.9 Å². The van der Waals surface area contributed by atoms with Crippen molar-refractivity contribution < 1.29 is 33.6 Å². The first kappa shape index (κ1) is 51.7. The molecule has 7 heteroatoms. The van der Waals surface area contributed by atoms with Crippen LogP contribution in [-0.4, -0.2) is 52.3 Å². The molecule has 3 fully saturated rings. The summed E-state index contributed by atoms with van der Waals surface area (Å²) < 4.78 is 26.9. The summed E-state index contributed by atoms with van der Waals surface area (Å²) in [6.45, 7) is 14.9. The molecule has 8 atom stereocenters. The highest BCUT2D eigenvalue weighted by molar-refractivity contribution is 6.04. The molecule has 0 radical (unpaired) electrons. The van der Waals surface area contributed by atoms with E-state index in [-0.39, 0.29) is 36.6 Å². The third-order valence-corrected chi connectivity index (χ3v) is 15.3. The summed E-state index contributed by atoms with van der Waals surface area (Å²) in [5, 5.41) is 12.6. The van der Waals surface area contributed by atoms with Gasteiger partial charge < -0.3 is 24.1 Å². The molecular weight excluding hydrogens is 785 g/mol. The van der Waals surface area contributed by atoms with Crippen LogP contribution in [0.1, 0.15) is 227 Å². The molecule has 0 aromatic carbocycles. The largest absolute Gasteiger partial charge is 0.461 e. The topological polar surface area (TPSA) is 91.3 Å². The number of fused-ring (bicyclic) bond motifs is 2. The van der Waals surface area contributed by atoms with Gasteiger partial charge in [-0.3, -0.25) is 9.59 Å². The summed E-state index contributed by atoms with van der Waals surface area (Å²) in [7, 11) is 0. The van der Waals surface area contributed by atoms with Gasteiger partial charge in [-0.1, -0.05) is 212 Å². The van der Waals surface area contributed by atoms with Crippen LogP contribution in [0.5, 0.6) is 0 Å². The highest BCUT2D eigenvalue weighted by Crippen LogP contribution is 2.68. The summed E-state index contributed by atoms with van der Waals surface area (Å²) in [4.78, 5) is 27.1. The van der Waals surface area contributed by atoms with E-state index in [1.54, 1.807) is 6.92 Å². The number of carbonyl (C=O) groups excluding carboxylic acids is 2. The minimum absolute atomic E-state index is 0.0164. The van der Waals surface area contributed by atoms with Crippen LogP contribution in [0.25, 0.3) is 0 Å². The van der Waals surface area contributed by atoms with Gasteiger partial charge >= 0.3 is 11.9 Å². The van der Waals surface area contributed by atoms with Crippen LogP contribution >= 0.6 is 0 Å². The minimum atomic E-state index is -1.74. The molecule has 1 saturated carbocycles. The predicted octanol–water partition coefficient (Wildman–Crippen LogP) is 14.6. The second kappa shape index (κ2) is 25.6. The number of hydrogen-bond acceptors (Lipinski definition) is 7. The van der Waals surface area contributed by atoms with E-state index in [4.69, 9.17) is 18.9 Å². The van der Waals surface area contributed by atoms with Gasteiger partial charge in [0.05, 0.1) is 5.60 Å². The Morgan fingerprint density at radius 1 is 0.778 bits per heavy atom. The summed E-state index contributed by atoms with van der Waals surface area (Å²) >= 11 is 0. The Labute approximate surface area is 384 Å². The van der Waals surface area contributed by atoms with Crippen molar-refractivity contribution in [2.24, 2.45) is 17.8 Å². The fraction of sp³-hybridized carbons (Fsp3) is 0.786. The Hall–Kier alpha value is -2.32. The van der Waals surface area contributed by atoms with Crippen molar-refractivity contribution in [3.8, 4) is 0 Å². The summed E-state index contributed by atoms with van der Waals surface area (Å²) in [6, 6.07) is 0. The van der Waals surface area contributed by atoms with Gasteiger partial charge in [0.2, 0.25) is 0 Å². The zero-order valence-electron chi connectivity index (χ0n) is 40.8. The van der Waals surface area contributed by atoms with E-state index < -0.39 is 34.8 Å². The van der Waals surface area contributed by atoms with E-state index in [1.807, 2.05) is 31.2 Å². The second-order valence-electron chi connectivity index (χ2n) is 20.6. The van der Waals surface area contributed by atoms with E-state index in [1.165, 1.54) is 141 Å². The van der Waals surface area contributed by atoms with Crippen molar-refractivity contribution in [3.05, 3.63) is 59.8 Å². The number of rotatable bonds is 33. The standard InChI is InChI=1S/C56H90O7/c1-7-9-11-13-15-17-19-20-21-22-23-24-25-26-27-29-31-33-35-37-50(57)60-43-47-40-48-52-54(44(3)4)41-46(6)56(48,49-39-45(5)51(58)53(49,59)42-47)63-55(61-52,62-54)38-36-34-32-30-28-18-16-14-12-10-8-2/h32,34,36,38-40,46,48-49,52,59H,3,7-31,33,35,37,41-43H2,1-2,4-6H3/b34-32+,38-36+/t46-,48+,49-,52-,53-,54-,55-,56-/m1/s1. The smallest absolute Gasteiger partial charge is 0.306 e. The number of unbranched alkanes of at least 4 members (excludes halogenated alkanes) is 25. The number of hydrogen-bond donors (Lipinski definition) is 1. The molecule has 0 unspecified atom stereocenters. The Bertz CT molecular complexity index is 1570. The van der Waals surface area contributed by atoms with E-state index in [9.17, 15) is 14.7 Å². The lowest BCUT2D eigenvalue weighted by atomic mass is 9.55. The SMILES string of the molecule is C=C(C)[C@]12C[C@@H](C)[C@@]34O[C@](/C=C/C=C/CCCCCCCCC)(O[C@@H]1[C@@H]3C=C(COC(=O)CCCCCCCCCCCCCCCCCCCCC)C[C@]1(O)C(=O)C(C)=C[C@@H]41)O2. The lowest BCUT2D eigenvalue weighted by molar-refractivity contribution is -0.398. The van der Waals surface area contributed by atoms with Crippen molar-refractivity contribution in [2.45, 2.75) is 256 Å². The Kier molecular flexibility index (Phi) is 21.0. The van der Waals surface area contributed by atoms with Crippen molar-refractivity contribution in [1.29, 1.82) is 0 Å². The first-order valence-electron chi connectivity index (χ1n) is 26.4. The first-order chi connectivity index (χ1) is 30.5. The third kappa shape index (κ3) is 13.2. The maximum atomic E-state index is 14.0. The maximum Gasteiger partial charge on any atom is 0.306 e. The molecule has 2 aliphatic heterocycles. The summed E-state index contributed by atoms with van der Waals surface area (Å²) in [6.07, 6.45) is 47.4. The van der Waals surface area contributed by atoms with Gasteiger partial charge in [-0.2, -0.15) is 0 Å². The number of carbonyl (C=O) groups is 2. The van der Waals surface area contributed by atoms with Crippen molar-refractivity contribution in [1.82, 2.24) is 0 Å². The van der Waals surface area contributed by atoms with Gasteiger partial charge in [0.25, 0.3) is 0 Å². The first-order valence-corrected chi connectivity index (χ1v) is 26.4. The van der Waals surface area contributed by atoms with Crippen LogP contribution in [0.15, 0.2) is 59.8 Å². The van der Waals surface area contributed by atoms with E-state index in [2.05, 4.69) is 39.5 Å². The van der Waals surface area contributed by atoms with Crippen molar-refractivity contribution in [3.63, 3.8) is 0 Å². The molecule has 0 amide bonds. The van der Waals surface area contributed by atoms with Crippen molar-refractivity contribution in [2.75, 3.05) is 6.61 Å². The lowest BCUT2D eigenvalue weighted by Gasteiger charge is -2.58. The zero-order chi connectivity index (χ0) is 45.2. The van der Waals surface area contributed by atoms with Gasteiger partial charge in [0.15, 0.2) is 5.78 Å². The molecule has 0 aromatic rings. The van der Waals surface area contributed by atoms with Crippen LogP contribution in [0.4, 0.5) is 0 Å². The molecule has 2 saturated heterocycles. The third-order valence-electron chi connectivity index (χ3n) is 15.3. The number of allylic oxidation sites excluding steroid dienone is 3. The Balaban J connectivity index is 1.09. The van der Waals surface area contributed by atoms with Crippen LogP contribution in [0.2, 0.25) is 0 Å². The molecule has 63 heavy (non-hydrogen) atoms. The second-order valence-corrected chi connectivity index (χ2v) is 20.6. The van der Waals surface area contributed by atoms with Gasteiger partial charge in [-0.25, -0.2) is 0 Å². The molecule has 3 aliphatic carbocycles. The van der Waals surface area contributed by atoms with Crippen LogP contribution < -0.4 is 0 Å². The van der Waals surface area contributed by atoms with Gasteiger partial charge in [0, 0.05) is 30.8 Å². The fourth-order valence-electron chi connectivity index (χ4n) is 11.7. The summed E-state index contributed by atoms with van der Waals surface area (Å²) in [5.41, 5.74) is -1.47. The molecule has 5 aliphatic rings. The van der Waals surface area contributed by atoms with Crippen LogP contribution in [-0.2, 0) is 28.5 Å².